The Labute approximate surface area is 156 Å². The Hall–Kier alpha value is -2.17. The zero-order valence-corrected chi connectivity index (χ0v) is 15.6. The summed E-state index contributed by atoms with van der Waals surface area (Å²) in [4.78, 5) is 9.55. The SMILES string of the molecule is c1ccc(CC2CCN(c3cnnc(N4CCCCCC4)n3)CC2)cc1. The third kappa shape index (κ3) is 4.32. The minimum absolute atomic E-state index is 0.772. The van der Waals surface area contributed by atoms with E-state index >= 15 is 0 Å². The van der Waals surface area contributed by atoms with Crippen LogP contribution in [0.5, 0.6) is 0 Å². The normalized spacial score (nSPS) is 19.4. The maximum absolute atomic E-state index is 4.85. The molecule has 5 nitrogen and oxygen atoms in total. The summed E-state index contributed by atoms with van der Waals surface area (Å²) < 4.78 is 0. The fraction of sp³-hybridized carbons (Fsp3) is 0.571. The zero-order chi connectivity index (χ0) is 17.6. The summed E-state index contributed by atoms with van der Waals surface area (Å²) in [6.07, 6.45) is 10.6. The van der Waals surface area contributed by atoms with Crippen molar-refractivity contribution in [1.82, 2.24) is 15.2 Å². The molecule has 1 aromatic heterocycles. The second-order valence-electron chi connectivity index (χ2n) is 7.64. The molecule has 2 saturated heterocycles. The predicted octanol–water partition coefficient (Wildman–Crippen LogP) is 3.71. The first-order valence-corrected chi connectivity index (χ1v) is 10.1. The highest BCUT2D eigenvalue weighted by atomic mass is 15.3. The molecule has 0 amide bonds. The second-order valence-corrected chi connectivity index (χ2v) is 7.64. The van der Waals surface area contributed by atoms with Gasteiger partial charge in [-0.25, -0.2) is 0 Å². The number of hydrogen-bond acceptors (Lipinski definition) is 5. The lowest BCUT2D eigenvalue weighted by molar-refractivity contribution is 0.402. The van der Waals surface area contributed by atoms with Crippen LogP contribution in [-0.2, 0) is 6.42 Å². The quantitative estimate of drug-likeness (QED) is 0.840. The van der Waals surface area contributed by atoms with Crippen molar-refractivity contribution in [2.75, 3.05) is 36.0 Å². The number of rotatable bonds is 4. The molecule has 2 aromatic rings. The molecule has 138 valence electrons. The third-order valence-electron chi connectivity index (χ3n) is 5.73. The molecule has 2 aliphatic heterocycles. The Kier molecular flexibility index (Phi) is 5.62. The molecule has 26 heavy (non-hydrogen) atoms. The molecule has 0 N–H and O–H groups in total. The first-order chi connectivity index (χ1) is 12.9. The van der Waals surface area contributed by atoms with Gasteiger partial charge in [-0.05, 0) is 43.6 Å². The Morgan fingerprint density at radius 2 is 1.58 bits per heavy atom. The van der Waals surface area contributed by atoms with Crippen LogP contribution in [0, 0.1) is 5.92 Å². The molecule has 0 spiro atoms. The largest absolute Gasteiger partial charge is 0.355 e. The lowest BCUT2D eigenvalue weighted by atomic mass is 9.90. The minimum atomic E-state index is 0.772. The summed E-state index contributed by atoms with van der Waals surface area (Å²) in [6.45, 7) is 4.25. The topological polar surface area (TPSA) is 45.2 Å². The summed E-state index contributed by atoms with van der Waals surface area (Å²) >= 11 is 0. The fourth-order valence-electron chi connectivity index (χ4n) is 4.16. The maximum atomic E-state index is 4.85. The summed E-state index contributed by atoms with van der Waals surface area (Å²) in [7, 11) is 0. The zero-order valence-electron chi connectivity index (χ0n) is 15.6. The van der Waals surface area contributed by atoms with Gasteiger partial charge in [0.25, 0.3) is 0 Å². The third-order valence-corrected chi connectivity index (χ3v) is 5.73. The molecule has 5 heteroatoms. The van der Waals surface area contributed by atoms with Gasteiger partial charge >= 0.3 is 0 Å². The molecule has 0 saturated carbocycles. The van der Waals surface area contributed by atoms with Crippen molar-refractivity contribution in [3.63, 3.8) is 0 Å². The average molecular weight is 351 g/mol. The fourth-order valence-corrected chi connectivity index (χ4v) is 4.16. The molecule has 2 aliphatic rings. The average Bonchev–Trinajstić information content (AvgIpc) is 2.99. The summed E-state index contributed by atoms with van der Waals surface area (Å²) in [6, 6.07) is 10.9. The highest BCUT2D eigenvalue weighted by Crippen LogP contribution is 2.25. The minimum Gasteiger partial charge on any atom is -0.355 e. The first-order valence-electron chi connectivity index (χ1n) is 10.1. The van der Waals surface area contributed by atoms with E-state index in [0.717, 1.165) is 43.9 Å². The molecule has 0 unspecified atom stereocenters. The Morgan fingerprint density at radius 1 is 0.846 bits per heavy atom. The van der Waals surface area contributed by atoms with E-state index < -0.39 is 0 Å². The number of piperidine rings is 1. The molecule has 1 aromatic carbocycles. The van der Waals surface area contributed by atoms with E-state index in [-0.39, 0.29) is 0 Å². The predicted molar refractivity (Wildman–Crippen MR) is 106 cm³/mol. The van der Waals surface area contributed by atoms with Crippen molar-refractivity contribution in [3.8, 4) is 0 Å². The monoisotopic (exact) mass is 351 g/mol. The van der Waals surface area contributed by atoms with Gasteiger partial charge in [-0.1, -0.05) is 43.2 Å². The van der Waals surface area contributed by atoms with Crippen LogP contribution in [0.3, 0.4) is 0 Å². The van der Waals surface area contributed by atoms with Crippen molar-refractivity contribution in [2.45, 2.75) is 44.9 Å². The summed E-state index contributed by atoms with van der Waals surface area (Å²) in [5.74, 6) is 2.58. The van der Waals surface area contributed by atoms with Crippen LogP contribution in [0.4, 0.5) is 11.8 Å². The lowest BCUT2D eigenvalue weighted by Crippen LogP contribution is -2.35. The van der Waals surface area contributed by atoms with Crippen LogP contribution in [0.15, 0.2) is 36.5 Å². The van der Waals surface area contributed by atoms with Gasteiger partial charge in [-0.3, -0.25) is 0 Å². The van der Waals surface area contributed by atoms with E-state index in [1.807, 2.05) is 6.20 Å². The van der Waals surface area contributed by atoms with Crippen LogP contribution in [-0.4, -0.2) is 41.4 Å². The van der Waals surface area contributed by atoms with Crippen molar-refractivity contribution < 1.29 is 0 Å². The number of aromatic nitrogens is 3. The van der Waals surface area contributed by atoms with Crippen LogP contribution in [0.1, 0.15) is 44.1 Å². The molecular weight excluding hydrogens is 322 g/mol. The molecule has 2 fully saturated rings. The molecule has 0 bridgehead atoms. The highest BCUT2D eigenvalue weighted by molar-refractivity contribution is 5.42. The van der Waals surface area contributed by atoms with E-state index in [1.54, 1.807) is 0 Å². The highest BCUT2D eigenvalue weighted by Gasteiger charge is 2.22. The summed E-state index contributed by atoms with van der Waals surface area (Å²) in [5.41, 5.74) is 1.46. The standard InChI is InChI=1S/C21H29N5/c1-2-7-13-26(12-6-1)21-23-20(17-22-24-21)25-14-10-19(11-15-25)16-18-8-4-3-5-9-18/h3-5,8-9,17,19H,1-2,6-7,10-16H2. The van der Waals surface area contributed by atoms with Crippen LogP contribution < -0.4 is 9.80 Å². The van der Waals surface area contributed by atoms with Crippen LogP contribution in [0.2, 0.25) is 0 Å². The van der Waals surface area contributed by atoms with E-state index in [2.05, 4.69) is 50.3 Å². The number of anilines is 2. The molecule has 4 rings (SSSR count). The van der Waals surface area contributed by atoms with Gasteiger partial charge in [0.2, 0.25) is 5.95 Å². The number of hydrogen-bond donors (Lipinski definition) is 0. The summed E-state index contributed by atoms with van der Waals surface area (Å²) in [5, 5.41) is 8.57. The van der Waals surface area contributed by atoms with Gasteiger partial charge in [-0.15, -0.1) is 5.10 Å². The van der Waals surface area contributed by atoms with Gasteiger partial charge in [0.1, 0.15) is 0 Å². The molecular formula is C21H29N5. The Morgan fingerprint density at radius 3 is 2.31 bits per heavy atom. The Bertz CT molecular complexity index is 674. The van der Waals surface area contributed by atoms with Gasteiger partial charge in [0.05, 0.1) is 6.20 Å². The lowest BCUT2D eigenvalue weighted by Gasteiger charge is -2.33. The first kappa shape index (κ1) is 17.3. The van der Waals surface area contributed by atoms with Crippen LogP contribution >= 0.6 is 0 Å². The van der Waals surface area contributed by atoms with Crippen molar-refractivity contribution >= 4 is 11.8 Å². The van der Waals surface area contributed by atoms with E-state index in [4.69, 9.17) is 4.98 Å². The van der Waals surface area contributed by atoms with Crippen molar-refractivity contribution in [1.29, 1.82) is 0 Å². The van der Waals surface area contributed by atoms with Crippen molar-refractivity contribution in [2.24, 2.45) is 5.92 Å². The number of nitrogens with zero attached hydrogens (tertiary/aromatic N) is 5. The van der Waals surface area contributed by atoms with Crippen LogP contribution in [0.25, 0.3) is 0 Å². The van der Waals surface area contributed by atoms with E-state index in [9.17, 15) is 0 Å². The van der Waals surface area contributed by atoms with E-state index in [1.165, 1.54) is 50.5 Å². The van der Waals surface area contributed by atoms with E-state index in [0.29, 0.717) is 0 Å². The Balaban J connectivity index is 1.36. The molecule has 0 atom stereocenters. The van der Waals surface area contributed by atoms with Gasteiger partial charge < -0.3 is 9.80 Å². The van der Waals surface area contributed by atoms with Crippen molar-refractivity contribution in [3.05, 3.63) is 42.1 Å². The maximum Gasteiger partial charge on any atom is 0.247 e. The van der Waals surface area contributed by atoms with Gasteiger partial charge in [0, 0.05) is 26.2 Å². The second kappa shape index (κ2) is 8.47. The van der Waals surface area contributed by atoms with Gasteiger partial charge in [0.15, 0.2) is 5.82 Å². The smallest absolute Gasteiger partial charge is 0.247 e. The molecule has 0 aliphatic carbocycles. The molecule has 3 heterocycles. The number of benzene rings is 1. The molecule has 0 radical (unpaired) electrons. The van der Waals surface area contributed by atoms with Gasteiger partial charge in [-0.2, -0.15) is 10.1 Å².